The van der Waals surface area contributed by atoms with Gasteiger partial charge in [-0.3, -0.25) is 9.59 Å². The molecule has 0 spiro atoms. The Morgan fingerprint density at radius 2 is 1.88 bits per heavy atom. The molecule has 0 fully saturated rings. The fourth-order valence-electron chi connectivity index (χ4n) is 2.63. The summed E-state index contributed by atoms with van der Waals surface area (Å²) in [7, 11) is 0. The fraction of sp³-hybridized carbons (Fsp3) is 0.222. The maximum absolute atomic E-state index is 12.1. The van der Waals surface area contributed by atoms with Gasteiger partial charge in [0.15, 0.2) is 0 Å². The number of aryl methyl sites for hydroxylation is 1. The number of nitrogens with zero attached hydrogens (tertiary/aromatic N) is 1. The van der Waals surface area contributed by atoms with Crippen LogP contribution in [0.15, 0.2) is 36.4 Å². The Balaban J connectivity index is 1.61. The van der Waals surface area contributed by atoms with Gasteiger partial charge in [0, 0.05) is 11.6 Å². The second-order valence-corrected chi connectivity index (χ2v) is 6.43. The molecule has 0 bridgehead atoms. The minimum Gasteiger partial charge on any atom is -0.492 e. The molecule has 6 heteroatoms. The van der Waals surface area contributed by atoms with Crippen molar-refractivity contribution in [2.24, 2.45) is 0 Å². The fourth-order valence-corrected chi connectivity index (χ4v) is 3.10. The molecule has 2 aromatic rings. The molecule has 0 N–H and O–H groups in total. The van der Waals surface area contributed by atoms with Gasteiger partial charge in [0.05, 0.1) is 22.9 Å². The van der Waals surface area contributed by atoms with Crippen molar-refractivity contribution in [1.82, 2.24) is 0 Å². The number of rotatable bonds is 5. The zero-order valence-corrected chi connectivity index (χ0v) is 14.5. The van der Waals surface area contributed by atoms with Crippen LogP contribution in [-0.2, 0) is 4.79 Å². The first kappa shape index (κ1) is 16.8. The van der Waals surface area contributed by atoms with Crippen molar-refractivity contribution in [1.29, 1.82) is 0 Å². The molecule has 1 aliphatic rings. The van der Waals surface area contributed by atoms with E-state index >= 15 is 0 Å². The smallest absolute Gasteiger partial charge is 0.299 e. The third-order valence-electron chi connectivity index (χ3n) is 3.80. The van der Waals surface area contributed by atoms with Gasteiger partial charge in [-0.2, -0.15) is 0 Å². The van der Waals surface area contributed by atoms with E-state index in [2.05, 4.69) is 0 Å². The van der Waals surface area contributed by atoms with Crippen LogP contribution < -0.4 is 9.64 Å². The minimum absolute atomic E-state index is 0.376. The largest absolute Gasteiger partial charge is 0.492 e. The number of halogens is 2. The summed E-state index contributed by atoms with van der Waals surface area (Å²) < 4.78 is 5.61. The molecule has 4 nitrogen and oxygen atoms in total. The third kappa shape index (κ3) is 3.25. The van der Waals surface area contributed by atoms with E-state index in [4.69, 9.17) is 27.9 Å². The van der Waals surface area contributed by atoms with Crippen molar-refractivity contribution in [2.75, 3.05) is 18.1 Å². The molecule has 0 saturated heterocycles. The number of Topliss-reactive ketones (excluding diaryl/α,β-unsaturated/α-hetero) is 1. The molecule has 124 valence electrons. The molecule has 0 aliphatic carbocycles. The summed E-state index contributed by atoms with van der Waals surface area (Å²) in [5, 5.41) is 0.983. The second kappa shape index (κ2) is 6.83. The standard InChI is InChI=1S/C18H15Cl2NO3/c1-11-3-5-15-13(9-11)17(22)18(23)21(15)7-2-8-24-16-6-4-12(19)10-14(16)20/h3-6,9-10H,2,7-8H2,1H3. The summed E-state index contributed by atoms with van der Waals surface area (Å²) in [5.74, 6) is -0.392. The van der Waals surface area contributed by atoms with E-state index in [0.29, 0.717) is 46.6 Å². The van der Waals surface area contributed by atoms with Crippen LogP contribution in [-0.4, -0.2) is 24.8 Å². The molecule has 0 aromatic heterocycles. The first-order valence-corrected chi connectivity index (χ1v) is 8.27. The maximum atomic E-state index is 12.1. The van der Waals surface area contributed by atoms with Gasteiger partial charge in [-0.1, -0.05) is 34.8 Å². The summed E-state index contributed by atoms with van der Waals surface area (Å²) in [6.07, 6.45) is 0.575. The molecule has 0 atom stereocenters. The lowest BCUT2D eigenvalue weighted by Crippen LogP contribution is -2.31. The van der Waals surface area contributed by atoms with Crippen LogP contribution in [0.4, 0.5) is 5.69 Å². The number of ether oxygens (including phenoxy) is 1. The van der Waals surface area contributed by atoms with Crippen LogP contribution in [0.3, 0.4) is 0 Å². The zero-order chi connectivity index (χ0) is 17.3. The number of hydrogen-bond donors (Lipinski definition) is 0. The molecule has 1 heterocycles. The van der Waals surface area contributed by atoms with Gasteiger partial charge in [0.2, 0.25) is 0 Å². The second-order valence-electron chi connectivity index (χ2n) is 5.58. The molecule has 0 unspecified atom stereocenters. The molecule has 0 radical (unpaired) electrons. The van der Waals surface area contributed by atoms with Gasteiger partial charge in [0.1, 0.15) is 5.75 Å². The monoisotopic (exact) mass is 363 g/mol. The van der Waals surface area contributed by atoms with Crippen molar-refractivity contribution in [2.45, 2.75) is 13.3 Å². The first-order chi connectivity index (χ1) is 11.5. The van der Waals surface area contributed by atoms with Crippen molar-refractivity contribution in [3.05, 3.63) is 57.6 Å². The zero-order valence-electron chi connectivity index (χ0n) is 13.0. The van der Waals surface area contributed by atoms with Gasteiger partial charge in [-0.15, -0.1) is 0 Å². The Hall–Kier alpha value is -2.04. The normalized spacial score (nSPS) is 13.4. The maximum Gasteiger partial charge on any atom is 0.299 e. The van der Waals surface area contributed by atoms with Crippen LogP contribution in [0.1, 0.15) is 22.3 Å². The Morgan fingerprint density at radius 3 is 2.62 bits per heavy atom. The average molecular weight is 364 g/mol. The number of hydrogen-bond acceptors (Lipinski definition) is 3. The number of amides is 1. The number of fused-ring (bicyclic) bond motifs is 1. The van der Waals surface area contributed by atoms with Crippen molar-refractivity contribution in [3.63, 3.8) is 0 Å². The van der Waals surface area contributed by atoms with E-state index in [1.165, 1.54) is 4.90 Å². The highest BCUT2D eigenvalue weighted by molar-refractivity contribution is 6.52. The average Bonchev–Trinajstić information content (AvgIpc) is 2.77. The molecular formula is C18H15Cl2NO3. The molecule has 24 heavy (non-hydrogen) atoms. The molecule has 1 amide bonds. The Morgan fingerprint density at radius 1 is 1.08 bits per heavy atom. The number of anilines is 1. The summed E-state index contributed by atoms with van der Waals surface area (Å²) in [6.45, 7) is 2.68. The SMILES string of the molecule is Cc1ccc2c(c1)C(=O)C(=O)N2CCCOc1ccc(Cl)cc1Cl. The summed E-state index contributed by atoms with van der Waals surface area (Å²) in [6, 6.07) is 10.5. The third-order valence-corrected chi connectivity index (χ3v) is 4.33. The predicted octanol–water partition coefficient (Wildman–Crippen LogP) is 4.30. The summed E-state index contributed by atoms with van der Waals surface area (Å²) >= 11 is 11.9. The molecular weight excluding hydrogens is 349 g/mol. The highest BCUT2D eigenvalue weighted by atomic mass is 35.5. The summed E-state index contributed by atoms with van der Waals surface area (Å²) in [5.41, 5.74) is 2.10. The van der Waals surface area contributed by atoms with E-state index in [9.17, 15) is 9.59 Å². The van der Waals surface area contributed by atoms with Gasteiger partial charge < -0.3 is 9.64 Å². The van der Waals surface area contributed by atoms with Gasteiger partial charge >= 0.3 is 0 Å². The van der Waals surface area contributed by atoms with Crippen molar-refractivity contribution in [3.8, 4) is 5.75 Å². The van der Waals surface area contributed by atoms with Crippen LogP contribution in [0, 0.1) is 6.92 Å². The van der Waals surface area contributed by atoms with Crippen LogP contribution in [0.25, 0.3) is 0 Å². The van der Waals surface area contributed by atoms with Crippen LogP contribution in [0.5, 0.6) is 5.75 Å². The topological polar surface area (TPSA) is 46.6 Å². The number of carbonyl (C=O) groups excluding carboxylic acids is 2. The van der Waals surface area contributed by atoms with E-state index in [-0.39, 0.29) is 0 Å². The van der Waals surface area contributed by atoms with Crippen LogP contribution in [0.2, 0.25) is 10.0 Å². The minimum atomic E-state index is -0.486. The molecule has 0 saturated carbocycles. The van der Waals surface area contributed by atoms with Gasteiger partial charge in [-0.05, 0) is 43.7 Å². The predicted molar refractivity (Wildman–Crippen MR) is 94.4 cm³/mol. The van der Waals surface area contributed by atoms with Gasteiger partial charge in [0.25, 0.3) is 11.7 Å². The molecule has 1 aliphatic heterocycles. The lowest BCUT2D eigenvalue weighted by Gasteiger charge is -2.17. The number of carbonyl (C=O) groups is 2. The van der Waals surface area contributed by atoms with Gasteiger partial charge in [-0.25, -0.2) is 0 Å². The van der Waals surface area contributed by atoms with Crippen LogP contribution >= 0.6 is 23.2 Å². The quantitative estimate of drug-likeness (QED) is 0.587. The van der Waals surface area contributed by atoms with Crippen molar-refractivity contribution >= 4 is 40.6 Å². The highest BCUT2D eigenvalue weighted by Gasteiger charge is 2.35. The van der Waals surface area contributed by atoms with E-state index in [0.717, 1.165) is 5.56 Å². The molecule has 3 rings (SSSR count). The lowest BCUT2D eigenvalue weighted by atomic mass is 10.1. The van der Waals surface area contributed by atoms with Crippen molar-refractivity contribution < 1.29 is 14.3 Å². The molecule has 2 aromatic carbocycles. The lowest BCUT2D eigenvalue weighted by molar-refractivity contribution is -0.114. The highest BCUT2D eigenvalue weighted by Crippen LogP contribution is 2.30. The Labute approximate surface area is 149 Å². The first-order valence-electron chi connectivity index (χ1n) is 7.52. The summed E-state index contributed by atoms with van der Waals surface area (Å²) in [4.78, 5) is 25.7. The van der Waals surface area contributed by atoms with E-state index < -0.39 is 11.7 Å². The Kier molecular flexibility index (Phi) is 4.78. The van der Waals surface area contributed by atoms with E-state index in [1.54, 1.807) is 24.3 Å². The number of ketones is 1. The number of benzene rings is 2. The van der Waals surface area contributed by atoms with E-state index in [1.807, 2.05) is 19.1 Å². The Bertz CT molecular complexity index is 820.